The maximum atomic E-state index is 12.0. The summed E-state index contributed by atoms with van der Waals surface area (Å²) < 4.78 is 4.75. The molecule has 0 atom stereocenters. The van der Waals surface area contributed by atoms with Gasteiger partial charge in [0.25, 0.3) is 11.7 Å². The van der Waals surface area contributed by atoms with E-state index in [0.29, 0.717) is 5.56 Å². The van der Waals surface area contributed by atoms with Gasteiger partial charge in [0, 0.05) is 17.7 Å². The summed E-state index contributed by atoms with van der Waals surface area (Å²) in [5.74, 6) is -1.02. The van der Waals surface area contributed by atoms with Crippen LogP contribution in [0.1, 0.15) is 10.4 Å². The van der Waals surface area contributed by atoms with Crippen molar-refractivity contribution in [1.82, 2.24) is 0 Å². The molecule has 0 saturated carbocycles. The number of nitro groups is 2. The maximum Gasteiger partial charge on any atom is 0.320 e. The summed E-state index contributed by atoms with van der Waals surface area (Å²) in [6, 6.07) is 10.1. The molecular formula is C14H11N3O6. The molecule has 0 aliphatic carbocycles. The van der Waals surface area contributed by atoms with Crippen molar-refractivity contribution in [3.8, 4) is 5.75 Å². The highest BCUT2D eigenvalue weighted by molar-refractivity contribution is 6.04. The predicted octanol–water partition coefficient (Wildman–Crippen LogP) is 2.76. The number of carbonyl (C=O) groups is 1. The Hall–Kier alpha value is -3.49. The smallest absolute Gasteiger partial charge is 0.320 e. The fourth-order valence-electron chi connectivity index (χ4n) is 1.94. The van der Waals surface area contributed by atoms with Gasteiger partial charge in [-0.25, -0.2) is 0 Å². The van der Waals surface area contributed by atoms with Crippen LogP contribution in [-0.2, 0) is 0 Å². The maximum absolute atomic E-state index is 12.0. The zero-order valence-electron chi connectivity index (χ0n) is 11.9. The fourth-order valence-corrected chi connectivity index (χ4v) is 1.94. The number of benzene rings is 2. The lowest BCUT2D eigenvalue weighted by Crippen LogP contribution is -2.12. The van der Waals surface area contributed by atoms with E-state index in [4.69, 9.17) is 4.74 Å². The first-order valence-electron chi connectivity index (χ1n) is 6.31. The molecule has 0 aliphatic rings. The summed E-state index contributed by atoms with van der Waals surface area (Å²) in [5.41, 5.74) is -0.971. The standard InChI is InChI=1S/C14H11N3O6/c1-23-13-11(16(19)20)7-10(8-12(13)17(21)22)15-14(18)9-5-3-2-4-6-9/h2-8H,1H3,(H,15,18). The van der Waals surface area contributed by atoms with Gasteiger partial charge < -0.3 is 10.1 Å². The minimum absolute atomic E-state index is 0.0712. The van der Waals surface area contributed by atoms with Crippen LogP contribution in [0, 0.1) is 20.2 Å². The molecule has 118 valence electrons. The Labute approximate surface area is 129 Å². The zero-order valence-corrected chi connectivity index (χ0v) is 11.9. The van der Waals surface area contributed by atoms with Crippen molar-refractivity contribution in [3.05, 3.63) is 68.3 Å². The number of carbonyl (C=O) groups excluding carboxylic acids is 1. The molecule has 2 rings (SSSR count). The summed E-state index contributed by atoms with van der Waals surface area (Å²) in [5, 5.41) is 24.5. The molecule has 2 aromatic rings. The summed E-state index contributed by atoms with van der Waals surface area (Å²) in [7, 11) is 1.09. The van der Waals surface area contributed by atoms with Crippen molar-refractivity contribution in [2.75, 3.05) is 12.4 Å². The summed E-state index contributed by atoms with van der Waals surface area (Å²) in [6.07, 6.45) is 0. The van der Waals surface area contributed by atoms with Crippen molar-refractivity contribution in [3.63, 3.8) is 0 Å². The number of nitrogens with one attached hydrogen (secondary N) is 1. The molecule has 0 bridgehead atoms. The minimum Gasteiger partial charge on any atom is -0.485 e. The van der Waals surface area contributed by atoms with Gasteiger partial charge in [-0.1, -0.05) is 18.2 Å². The number of anilines is 1. The second kappa shape index (κ2) is 6.52. The zero-order chi connectivity index (χ0) is 17.0. The molecule has 0 fully saturated rings. The third-order valence-electron chi connectivity index (χ3n) is 2.94. The molecule has 0 radical (unpaired) electrons. The Kier molecular flexibility index (Phi) is 4.50. The van der Waals surface area contributed by atoms with E-state index in [2.05, 4.69) is 5.32 Å². The van der Waals surface area contributed by atoms with Crippen LogP contribution < -0.4 is 10.1 Å². The Bertz CT molecular complexity index is 740. The van der Waals surface area contributed by atoms with Crippen molar-refractivity contribution < 1.29 is 19.4 Å². The van der Waals surface area contributed by atoms with Crippen molar-refractivity contribution in [1.29, 1.82) is 0 Å². The molecular weight excluding hydrogens is 306 g/mol. The van der Waals surface area contributed by atoms with Crippen LogP contribution >= 0.6 is 0 Å². The van der Waals surface area contributed by atoms with Gasteiger partial charge in [0.15, 0.2) is 0 Å². The number of hydrogen-bond donors (Lipinski definition) is 1. The normalized spacial score (nSPS) is 9.96. The van der Waals surface area contributed by atoms with E-state index in [-0.39, 0.29) is 5.69 Å². The number of methoxy groups -OCH3 is 1. The highest BCUT2D eigenvalue weighted by Gasteiger charge is 2.28. The van der Waals surface area contributed by atoms with Gasteiger partial charge in [-0.15, -0.1) is 0 Å². The largest absolute Gasteiger partial charge is 0.485 e. The van der Waals surface area contributed by atoms with Crippen LogP contribution in [0.2, 0.25) is 0 Å². The minimum atomic E-state index is -0.815. The fraction of sp³-hybridized carbons (Fsp3) is 0.0714. The molecule has 0 spiro atoms. The van der Waals surface area contributed by atoms with Crippen molar-refractivity contribution in [2.45, 2.75) is 0 Å². The van der Waals surface area contributed by atoms with Gasteiger partial charge in [-0.3, -0.25) is 25.0 Å². The molecule has 9 nitrogen and oxygen atoms in total. The average molecular weight is 317 g/mol. The Morgan fingerprint density at radius 3 is 2.00 bits per heavy atom. The van der Waals surface area contributed by atoms with E-state index in [1.165, 1.54) is 0 Å². The van der Waals surface area contributed by atoms with Crippen LogP contribution in [0.15, 0.2) is 42.5 Å². The van der Waals surface area contributed by atoms with Crippen LogP contribution in [0.3, 0.4) is 0 Å². The van der Waals surface area contributed by atoms with Crippen LogP contribution in [0.25, 0.3) is 0 Å². The first-order chi connectivity index (χ1) is 10.9. The lowest BCUT2D eigenvalue weighted by molar-refractivity contribution is -0.395. The second-order valence-electron chi connectivity index (χ2n) is 4.38. The molecule has 1 N–H and O–H groups in total. The van der Waals surface area contributed by atoms with E-state index < -0.39 is 32.9 Å². The lowest BCUT2D eigenvalue weighted by atomic mass is 10.2. The Balaban J connectivity index is 2.45. The first kappa shape index (κ1) is 15.9. The second-order valence-corrected chi connectivity index (χ2v) is 4.38. The molecule has 0 heterocycles. The monoisotopic (exact) mass is 317 g/mol. The molecule has 0 aromatic heterocycles. The third-order valence-corrected chi connectivity index (χ3v) is 2.94. The number of amides is 1. The molecule has 0 aliphatic heterocycles. The topological polar surface area (TPSA) is 125 Å². The molecule has 0 unspecified atom stereocenters. The number of ether oxygens (including phenoxy) is 1. The molecule has 1 amide bonds. The Morgan fingerprint density at radius 2 is 1.57 bits per heavy atom. The van der Waals surface area contributed by atoms with Crippen LogP contribution in [-0.4, -0.2) is 22.9 Å². The van der Waals surface area contributed by atoms with Gasteiger partial charge in [0.1, 0.15) is 0 Å². The molecule has 9 heteroatoms. The van der Waals surface area contributed by atoms with Crippen LogP contribution in [0.4, 0.5) is 17.1 Å². The van der Waals surface area contributed by atoms with E-state index in [9.17, 15) is 25.0 Å². The van der Waals surface area contributed by atoms with E-state index >= 15 is 0 Å². The molecule has 23 heavy (non-hydrogen) atoms. The Morgan fingerprint density at radius 1 is 1.04 bits per heavy atom. The summed E-state index contributed by atoms with van der Waals surface area (Å²) >= 11 is 0. The predicted molar refractivity (Wildman–Crippen MR) is 80.7 cm³/mol. The van der Waals surface area contributed by atoms with Crippen molar-refractivity contribution >= 4 is 23.0 Å². The highest BCUT2D eigenvalue weighted by atomic mass is 16.6. The molecule has 2 aromatic carbocycles. The molecule has 0 saturated heterocycles. The van der Waals surface area contributed by atoms with Gasteiger partial charge in [0.05, 0.1) is 22.6 Å². The number of rotatable bonds is 5. The average Bonchev–Trinajstić information content (AvgIpc) is 2.54. The van der Waals surface area contributed by atoms with E-state index in [0.717, 1.165) is 19.2 Å². The van der Waals surface area contributed by atoms with Gasteiger partial charge in [-0.2, -0.15) is 0 Å². The quantitative estimate of drug-likeness (QED) is 0.667. The number of nitro benzene ring substituents is 2. The number of nitrogens with zero attached hydrogens (tertiary/aromatic N) is 2. The van der Waals surface area contributed by atoms with E-state index in [1.807, 2.05) is 0 Å². The van der Waals surface area contributed by atoms with Crippen molar-refractivity contribution in [2.24, 2.45) is 0 Å². The van der Waals surface area contributed by atoms with Gasteiger partial charge in [-0.05, 0) is 12.1 Å². The van der Waals surface area contributed by atoms with Gasteiger partial charge in [0.2, 0.25) is 0 Å². The van der Waals surface area contributed by atoms with Crippen LogP contribution in [0.5, 0.6) is 5.75 Å². The lowest BCUT2D eigenvalue weighted by Gasteiger charge is -2.08. The van der Waals surface area contributed by atoms with E-state index in [1.54, 1.807) is 30.3 Å². The summed E-state index contributed by atoms with van der Waals surface area (Å²) in [4.78, 5) is 32.5. The SMILES string of the molecule is COc1c([N+](=O)[O-])cc(NC(=O)c2ccccc2)cc1[N+](=O)[O-]. The highest BCUT2D eigenvalue weighted by Crippen LogP contribution is 2.39. The van der Waals surface area contributed by atoms with Gasteiger partial charge >= 0.3 is 11.4 Å². The summed E-state index contributed by atoms with van der Waals surface area (Å²) in [6.45, 7) is 0. The number of hydrogen-bond acceptors (Lipinski definition) is 6. The first-order valence-corrected chi connectivity index (χ1v) is 6.31. The third kappa shape index (κ3) is 3.40.